The summed E-state index contributed by atoms with van der Waals surface area (Å²) in [6.07, 6.45) is 1.49. The van der Waals surface area contributed by atoms with Gasteiger partial charge in [0.05, 0.1) is 13.2 Å². The fourth-order valence-electron chi connectivity index (χ4n) is 2.36. The van der Waals surface area contributed by atoms with Crippen LogP contribution in [0.5, 0.6) is 0 Å². The molecule has 0 spiro atoms. The Bertz CT molecular complexity index is 364. The van der Waals surface area contributed by atoms with E-state index in [0.29, 0.717) is 32.5 Å². The van der Waals surface area contributed by atoms with Gasteiger partial charge in [0.15, 0.2) is 0 Å². The second-order valence-electron chi connectivity index (χ2n) is 5.29. The van der Waals surface area contributed by atoms with Crippen LogP contribution in [-0.2, 0) is 19.1 Å². The molecule has 7 heteroatoms. The number of carbonyl (C=O) groups excluding carboxylic acids is 2. The molecule has 0 aromatic rings. The van der Waals surface area contributed by atoms with Gasteiger partial charge in [-0.2, -0.15) is 0 Å². The van der Waals surface area contributed by atoms with Crippen LogP contribution in [0.2, 0.25) is 0 Å². The first kappa shape index (κ1) is 16.9. The average molecular weight is 287 g/mol. The Balaban J connectivity index is 2.39. The van der Waals surface area contributed by atoms with Crippen LogP contribution in [0.1, 0.15) is 33.1 Å². The van der Waals surface area contributed by atoms with Gasteiger partial charge in [0, 0.05) is 5.54 Å². The van der Waals surface area contributed by atoms with Crippen LogP contribution >= 0.6 is 0 Å². The molecule has 0 aromatic heterocycles. The lowest BCUT2D eigenvalue weighted by molar-refractivity contribution is -0.146. The van der Waals surface area contributed by atoms with Crippen molar-refractivity contribution in [1.82, 2.24) is 0 Å². The predicted molar refractivity (Wildman–Crippen MR) is 73.5 cm³/mol. The molecule has 0 radical (unpaired) electrons. The van der Waals surface area contributed by atoms with Crippen molar-refractivity contribution in [2.75, 3.05) is 13.2 Å². The molecule has 116 valence electrons. The smallest absolute Gasteiger partial charge is 0.322 e. The number of hydrogen-bond acceptors (Lipinski definition) is 7. The molecule has 4 atom stereocenters. The van der Waals surface area contributed by atoms with E-state index in [1.807, 2.05) is 0 Å². The predicted octanol–water partition coefficient (Wildman–Crippen LogP) is -0.735. The maximum Gasteiger partial charge on any atom is 0.322 e. The molecule has 1 rings (SSSR count). The highest BCUT2D eigenvalue weighted by Gasteiger charge is 2.53. The summed E-state index contributed by atoms with van der Waals surface area (Å²) in [4.78, 5) is 22.9. The van der Waals surface area contributed by atoms with Crippen molar-refractivity contribution in [1.29, 1.82) is 0 Å². The van der Waals surface area contributed by atoms with E-state index in [9.17, 15) is 9.59 Å². The highest BCUT2D eigenvalue weighted by Crippen LogP contribution is 2.47. The Morgan fingerprint density at radius 1 is 1.15 bits per heavy atom. The summed E-state index contributed by atoms with van der Waals surface area (Å²) in [5.74, 6) is -0.781. The highest BCUT2D eigenvalue weighted by atomic mass is 16.5. The van der Waals surface area contributed by atoms with Crippen LogP contribution in [0.3, 0.4) is 0 Å². The Morgan fingerprint density at radius 3 is 2.15 bits per heavy atom. The van der Waals surface area contributed by atoms with Crippen molar-refractivity contribution in [3.63, 3.8) is 0 Å². The van der Waals surface area contributed by atoms with E-state index in [0.717, 1.165) is 0 Å². The molecule has 0 bridgehead atoms. The van der Waals surface area contributed by atoms with Crippen molar-refractivity contribution in [2.45, 2.75) is 50.7 Å². The quantitative estimate of drug-likeness (QED) is 0.501. The molecular formula is C13H25N3O4. The monoisotopic (exact) mass is 287 g/mol. The molecule has 6 N–H and O–H groups in total. The van der Waals surface area contributed by atoms with Crippen molar-refractivity contribution in [2.24, 2.45) is 23.1 Å². The van der Waals surface area contributed by atoms with Gasteiger partial charge in [-0.3, -0.25) is 9.59 Å². The second kappa shape index (κ2) is 7.01. The van der Waals surface area contributed by atoms with Crippen molar-refractivity contribution >= 4 is 11.9 Å². The van der Waals surface area contributed by atoms with Gasteiger partial charge in [0.1, 0.15) is 12.1 Å². The Labute approximate surface area is 119 Å². The van der Waals surface area contributed by atoms with E-state index in [1.54, 1.807) is 13.8 Å². The standard InChI is InChI=1S/C13H25N3O4/c1-3-19-11(17)9(14)5-8-6-13(8,16)7-10(15)12(18)20-4-2/h8-10H,3-7,14-16H2,1-2H3/t8-,9?,10+,13+/m1/s1. The van der Waals surface area contributed by atoms with Crippen LogP contribution < -0.4 is 17.2 Å². The summed E-state index contributed by atoms with van der Waals surface area (Å²) < 4.78 is 9.69. The van der Waals surface area contributed by atoms with Crippen molar-refractivity contribution in [3.8, 4) is 0 Å². The summed E-state index contributed by atoms with van der Waals surface area (Å²) in [6, 6.07) is -1.41. The summed E-state index contributed by atoms with van der Waals surface area (Å²) in [5, 5.41) is 0. The number of ether oxygens (including phenoxy) is 2. The van der Waals surface area contributed by atoms with Gasteiger partial charge in [-0.1, -0.05) is 0 Å². The summed E-state index contributed by atoms with van der Waals surface area (Å²) in [7, 11) is 0. The molecule has 20 heavy (non-hydrogen) atoms. The Hall–Kier alpha value is -1.18. The lowest BCUT2D eigenvalue weighted by atomic mass is 10.0. The third kappa shape index (κ3) is 4.43. The summed E-state index contributed by atoms with van der Waals surface area (Å²) in [6.45, 7) is 4.05. The second-order valence-corrected chi connectivity index (χ2v) is 5.29. The fourth-order valence-corrected chi connectivity index (χ4v) is 2.36. The van der Waals surface area contributed by atoms with Crippen molar-refractivity contribution < 1.29 is 19.1 Å². The van der Waals surface area contributed by atoms with Crippen LogP contribution in [0.15, 0.2) is 0 Å². The average Bonchev–Trinajstić information content (AvgIpc) is 2.99. The molecule has 1 saturated carbocycles. The number of nitrogens with two attached hydrogens (primary N) is 3. The number of esters is 2. The van der Waals surface area contributed by atoms with E-state index in [4.69, 9.17) is 26.7 Å². The first-order valence-corrected chi connectivity index (χ1v) is 6.97. The molecule has 1 aliphatic rings. The maximum absolute atomic E-state index is 11.5. The zero-order chi connectivity index (χ0) is 15.3. The van der Waals surface area contributed by atoms with Gasteiger partial charge < -0.3 is 26.7 Å². The molecule has 1 unspecified atom stereocenters. The number of rotatable bonds is 8. The van der Waals surface area contributed by atoms with E-state index in [1.165, 1.54) is 0 Å². The molecule has 0 heterocycles. The molecular weight excluding hydrogens is 262 g/mol. The summed E-state index contributed by atoms with van der Waals surface area (Å²) >= 11 is 0. The molecule has 0 aromatic carbocycles. The maximum atomic E-state index is 11.5. The minimum Gasteiger partial charge on any atom is -0.465 e. The van der Waals surface area contributed by atoms with E-state index >= 15 is 0 Å². The van der Waals surface area contributed by atoms with Crippen LogP contribution in [-0.4, -0.2) is 42.8 Å². The lowest BCUT2D eigenvalue weighted by Crippen LogP contribution is -2.42. The molecule has 1 aliphatic carbocycles. The Morgan fingerprint density at radius 2 is 1.65 bits per heavy atom. The molecule has 7 nitrogen and oxygen atoms in total. The van der Waals surface area contributed by atoms with E-state index in [-0.39, 0.29) is 5.92 Å². The van der Waals surface area contributed by atoms with Gasteiger partial charge >= 0.3 is 11.9 Å². The highest BCUT2D eigenvalue weighted by molar-refractivity contribution is 5.76. The van der Waals surface area contributed by atoms with E-state index in [2.05, 4.69) is 0 Å². The van der Waals surface area contributed by atoms with Gasteiger partial charge in [-0.05, 0) is 39.0 Å². The topological polar surface area (TPSA) is 131 Å². The minimum atomic E-state index is -0.733. The first-order valence-electron chi connectivity index (χ1n) is 6.97. The zero-order valence-electron chi connectivity index (χ0n) is 12.1. The number of carbonyl (C=O) groups is 2. The SMILES string of the molecule is CCOC(=O)C(N)C[C@@H]1C[C@]1(N)C[C@H](N)C(=O)OCC. The normalized spacial score (nSPS) is 27.6. The molecule has 0 saturated heterocycles. The molecule has 0 amide bonds. The first-order chi connectivity index (χ1) is 9.34. The molecule has 1 fully saturated rings. The van der Waals surface area contributed by atoms with Crippen LogP contribution in [0, 0.1) is 5.92 Å². The van der Waals surface area contributed by atoms with Gasteiger partial charge in [-0.25, -0.2) is 0 Å². The van der Waals surface area contributed by atoms with Crippen LogP contribution in [0.4, 0.5) is 0 Å². The number of hydrogen-bond donors (Lipinski definition) is 3. The van der Waals surface area contributed by atoms with Gasteiger partial charge in [0.2, 0.25) is 0 Å². The fraction of sp³-hybridized carbons (Fsp3) is 0.846. The zero-order valence-corrected chi connectivity index (χ0v) is 12.1. The Kier molecular flexibility index (Phi) is 5.91. The van der Waals surface area contributed by atoms with Crippen LogP contribution in [0.25, 0.3) is 0 Å². The van der Waals surface area contributed by atoms with Crippen molar-refractivity contribution in [3.05, 3.63) is 0 Å². The minimum absolute atomic E-state index is 0.0855. The van der Waals surface area contributed by atoms with Gasteiger partial charge in [-0.15, -0.1) is 0 Å². The largest absolute Gasteiger partial charge is 0.465 e. The third-order valence-corrected chi connectivity index (χ3v) is 3.60. The van der Waals surface area contributed by atoms with Gasteiger partial charge in [0.25, 0.3) is 0 Å². The van der Waals surface area contributed by atoms with E-state index < -0.39 is 29.6 Å². The molecule has 0 aliphatic heterocycles. The summed E-state index contributed by atoms with van der Waals surface area (Å²) in [5.41, 5.74) is 17.1. The third-order valence-electron chi connectivity index (χ3n) is 3.60. The lowest BCUT2D eigenvalue weighted by Gasteiger charge is -2.17.